The maximum Gasteiger partial charge on any atom is 0.129 e. The molecule has 14 heavy (non-hydrogen) atoms. The van der Waals surface area contributed by atoms with Crippen molar-refractivity contribution < 1.29 is 5.11 Å². The van der Waals surface area contributed by atoms with Gasteiger partial charge in [-0.3, -0.25) is 0 Å². The molecule has 0 bridgehead atoms. The second kappa shape index (κ2) is 5.94. The fraction of sp³-hybridized carbons (Fsp3) is 0.455. The Kier molecular flexibility index (Phi) is 4.84. The van der Waals surface area contributed by atoms with Gasteiger partial charge in [0.1, 0.15) is 5.75 Å². The molecule has 0 atom stereocenters. The molecule has 0 spiro atoms. The van der Waals surface area contributed by atoms with Crippen LogP contribution in [0.5, 0.6) is 5.75 Å². The first-order valence-corrected chi connectivity index (χ1v) is 6.06. The Bertz CT molecular complexity index is 289. The Hall–Kier alpha value is -0.670. The maximum atomic E-state index is 9.60. The molecule has 3 N–H and O–H groups in total. The van der Waals surface area contributed by atoms with Crippen LogP contribution < -0.4 is 5.73 Å². The second-order valence-corrected chi connectivity index (χ2v) is 4.10. The Morgan fingerprint density at radius 3 is 2.71 bits per heavy atom. The smallest absolute Gasteiger partial charge is 0.129 e. The van der Waals surface area contributed by atoms with Crippen LogP contribution >= 0.6 is 11.8 Å². The van der Waals surface area contributed by atoms with Gasteiger partial charge in [-0.1, -0.05) is 6.07 Å². The SMILES string of the molecule is CSc1ccc(CCCCN)cc1O. The summed E-state index contributed by atoms with van der Waals surface area (Å²) in [5, 5.41) is 9.60. The summed E-state index contributed by atoms with van der Waals surface area (Å²) in [6.07, 6.45) is 5.10. The molecule has 0 aliphatic rings. The normalized spacial score (nSPS) is 10.4. The quantitative estimate of drug-likeness (QED) is 0.580. The summed E-state index contributed by atoms with van der Waals surface area (Å²) in [5.41, 5.74) is 6.60. The van der Waals surface area contributed by atoms with Crippen LogP contribution in [0.2, 0.25) is 0 Å². The van der Waals surface area contributed by atoms with Crippen LogP contribution in [0, 0.1) is 0 Å². The maximum absolute atomic E-state index is 9.60. The number of hydrogen-bond donors (Lipinski definition) is 2. The Labute approximate surface area is 89.5 Å². The van der Waals surface area contributed by atoms with E-state index in [-0.39, 0.29) is 0 Å². The van der Waals surface area contributed by atoms with Crippen LogP contribution in [0.4, 0.5) is 0 Å². The number of rotatable bonds is 5. The van der Waals surface area contributed by atoms with Gasteiger partial charge in [0, 0.05) is 4.90 Å². The third-order valence-corrected chi connectivity index (χ3v) is 2.95. The van der Waals surface area contributed by atoms with Gasteiger partial charge in [-0.05, 0) is 49.8 Å². The third-order valence-electron chi connectivity index (χ3n) is 2.16. The highest BCUT2D eigenvalue weighted by Gasteiger charge is 2.00. The van der Waals surface area contributed by atoms with E-state index in [9.17, 15) is 5.11 Å². The number of aryl methyl sites for hydroxylation is 1. The first kappa shape index (κ1) is 11.4. The third kappa shape index (κ3) is 3.24. The highest BCUT2D eigenvalue weighted by Crippen LogP contribution is 2.27. The van der Waals surface area contributed by atoms with E-state index >= 15 is 0 Å². The van der Waals surface area contributed by atoms with Crippen LogP contribution in [0.25, 0.3) is 0 Å². The molecule has 0 aliphatic heterocycles. The fourth-order valence-corrected chi connectivity index (χ4v) is 1.84. The van der Waals surface area contributed by atoms with E-state index in [0.29, 0.717) is 5.75 Å². The number of aromatic hydroxyl groups is 1. The minimum Gasteiger partial charge on any atom is -0.507 e. The van der Waals surface area contributed by atoms with Gasteiger partial charge in [-0.25, -0.2) is 0 Å². The van der Waals surface area contributed by atoms with Gasteiger partial charge in [0.2, 0.25) is 0 Å². The molecule has 0 aliphatic carbocycles. The van der Waals surface area contributed by atoms with E-state index < -0.39 is 0 Å². The number of phenolic OH excluding ortho intramolecular Hbond substituents is 1. The van der Waals surface area contributed by atoms with E-state index in [1.807, 2.05) is 18.4 Å². The minimum absolute atomic E-state index is 0.391. The van der Waals surface area contributed by atoms with Gasteiger partial charge in [0.05, 0.1) is 0 Å². The predicted molar refractivity (Wildman–Crippen MR) is 61.9 cm³/mol. The van der Waals surface area contributed by atoms with Crippen LogP contribution in [0.1, 0.15) is 18.4 Å². The largest absolute Gasteiger partial charge is 0.507 e. The highest BCUT2D eigenvalue weighted by atomic mass is 32.2. The summed E-state index contributed by atoms with van der Waals surface area (Å²) in [6, 6.07) is 5.89. The van der Waals surface area contributed by atoms with Crippen molar-refractivity contribution in [3.63, 3.8) is 0 Å². The molecule has 0 radical (unpaired) electrons. The number of phenols is 1. The fourth-order valence-electron chi connectivity index (χ4n) is 1.36. The molecule has 0 unspecified atom stereocenters. The molecule has 3 heteroatoms. The Balaban J connectivity index is 2.57. The molecule has 0 amide bonds. The lowest BCUT2D eigenvalue weighted by Gasteiger charge is -2.04. The molecule has 78 valence electrons. The molecule has 1 aromatic carbocycles. The monoisotopic (exact) mass is 211 g/mol. The van der Waals surface area contributed by atoms with Crippen LogP contribution in [0.3, 0.4) is 0 Å². The molecular formula is C11H17NOS. The summed E-state index contributed by atoms with van der Waals surface area (Å²) in [4.78, 5) is 0.938. The summed E-state index contributed by atoms with van der Waals surface area (Å²) in [5.74, 6) is 0.391. The van der Waals surface area contributed by atoms with E-state index in [2.05, 4.69) is 6.07 Å². The van der Waals surface area contributed by atoms with Crippen molar-refractivity contribution in [3.05, 3.63) is 23.8 Å². The zero-order chi connectivity index (χ0) is 10.4. The molecule has 1 rings (SSSR count). The first-order valence-electron chi connectivity index (χ1n) is 4.84. The van der Waals surface area contributed by atoms with Gasteiger partial charge in [0.25, 0.3) is 0 Å². The van der Waals surface area contributed by atoms with Crippen molar-refractivity contribution in [1.29, 1.82) is 0 Å². The van der Waals surface area contributed by atoms with Crippen molar-refractivity contribution in [2.75, 3.05) is 12.8 Å². The summed E-state index contributed by atoms with van der Waals surface area (Å²) in [7, 11) is 0. The summed E-state index contributed by atoms with van der Waals surface area (Å²) >= 11 is 1.56. The zero-order valence-corrected chi connectivity index (χ0v) is 9.31. The topological polar surface area (TPSA) is 46.2 Å². The predicted octanol–water partition coefficient (Wildman–Crippen LogP) is 2.40. The number of unbranched alkanes of at least 4 members (excludes halogenated alkanes) is 1. The minimum atomic E-state index is 0.391. The van der Waals surface area contributed by atoms with Crippen molar-refractivity contribution in [2.45, 2.75) is 24.2 Å². The molecule has 1 aromatic rings. The summed E-state index contributed by atoms with van der Waals surface area (Å²) < 4.78 is 0. The van der Waals surface area contributed by atoms with Gasteiger partial charge in [0.15, 0.2) is 0 Å². The van der Waals surface area contributed by atoms with Crippen LogP contribution in [-0.4, -0.2) is 17.9 Å². The molecular weight excluding hydrogens is 194 g/mol. The van der Waals surface area contributed by atoms with E-state index in [1.54, 1.807) is 11.8 Å². The average Bonchev–Trinajstić information content (AvgIpc) is 2.18. The zero-order valence-electron chi connectivity index (χ0n) is 8.49. The molecule has 0 heterocycles. The average molecular weight is 211 g/mol. The lowest BCUT2D eigenvalue weighted by Crippen LogP contribution is -1.98. The van der Waals surface area contributed by atoms with Gasteiger partial charge >= 0.3 is 0 Å². The van der Waals surface area contributed by atoms with Crippen molar-refractivity contribution >= 4 is 11.8 Å². The highest BCUT2D eigenvalue weighted by molar-refractivity contribution is 7.98. The molecule has 0 saturated carbocycles. The lowest BCUT2D eigenvalue weighted by molar-refractivity contribution is 0.461. The molecule has 0 saturated heterocycles. The van der Waals surface area contributed by atoms with Gasteiger partial charge in [-0.15, -0.1) is 11.8 Å². The summed E-state index contributed by atoms with van der Waals surface area (Å²) in [6.45, 7) is 0.745. The molecule has 2 nitrogen and oxygen atoms in total. The second-order valence-electron chi connectivity index (χ2n) is 3.25. The Morgan fingerprint density at radius 2 is 2.14 bits per heavy atom. The molecule has 0 aromatic heterocycles. The van der Waals surface area contributed by atoms with Crippen molar-refractivity contribution in [2.24, 2.45) is 5.73 Å². The van der Waals surface area contributed by atoms with Gasteiger partial charge < -0.3 is 10.8 Å². The van der Waals surface area contributed by atoms with E-state index in [1.165, 1.54) is 5.56 Å². The van der Waals surface area contributed by atoms with Crippen molar-refractivity contribution in [1.82, 2.24) is 0 Å². The Morgan fingerprint density at radius 1 is 1.36 bits per heavy atom. The van der Waals surface area contributed by atoms with E-state index in [0.717, 1.165) is 30.7 Å². The lowest BCUT2D eigenvalue weighted by atomic mass is 10.1. The number of nitrogens with two attached hydrogens (primary N) is 1. The number of benzene rings is 1. The number of thioether (sulfide) groups is 1. The first-order chi connectivity index (χ1) is 6.77. The standard InChI is InChI=1S/C11H17NOS/c1-14-11-6-5-9(8-10(11)13)4-2-3-7-12/h5-6,8,13H,2-4,7,12H2,1H3. The van der Waals surface area contributed by atoms with Crippen molar-refractivity contribution in [3.8, 4) is 5.75 Å². The molecule has 0 fully saturated rings. The number of hydrogen-bond acceptors (Lipinski definition) is 3. The van der Waals surface area contributed by atoms with Crippen LogP contribution in [0.15, 0.2) is 23.1 Å². The van der Waals surface area contributed by atoms with Crippen LogP contribution in [-0.2, 0) is 6.42 Å². The van der Waals surface area contributed by atoms with Gasteiger partial charge in [-0.2, -0.15) is 0 Å². The van der Waals surface area contributed by atoms with E-state index in [4.69, 9.17) is 5.73 Å².